The largest absolute Gasteiger partial charge is 0.480 e. The molecule has 28 heavy (non-hydrogen) atoms. The van der Waals surface area contributed by atoms with Crippen LogP contribution in [-0.2, 0) is 24.9 Å². The first-order valence-corrected chi connectivity index (χ1v) is 9.12. The molecule has 2 N–H and O–H groups in total. The molecule has 0 saturated heterocycles. The summed E-state index contributed by atoms with van der Waals surface area (Å²) in [6, 6.07) is 9.13. The van der Waals surface area contributed by atoms with Crippen LogP contribution in [0.15, 0.2) is 39.9 Å². The van der Waals surface area contributed by atoms with Crippen molar-refractivity contribution in [2.24, 2.45) is 7.05 Å². The fraction of sp³-hybridized carbons (Fsp3) is 0.368. The van der Waals surface area contributed by atoms with Crippen LogP contribution in [0.5, 0.6) is 0 Å². The van der Waals surface area contributed by atoms with Crippen molar-refractivity contribution in [1.82, 2.24) is 19.1 Å². The standard InChI is InChI=1S/C19H23N5O4/c1-3-4-10-24-17-16(18(27)21-19(24)28)22(2)14(20-17)11-23(12-15(25)26)13-8-6-5-7-9-13/h5-9H,3-4,10-12H2,1-2H3,(H,25,26)(H,21,27,28). The van der Waals surface area contributed by atoms with Gasteiger partial charge >= 0.3 is 11.7 Å². The van der Waals surface area contributed by atoms with Gasteiger partial charge < -0.3 is 14.6 Å². The Bertz CT molecular complexity index is 1100. The minimum atomic E-state index is -0.972. The van der Waals surface area contributed by atoms with Gasteiger partial charge in [0.05, 0.1) is 6.54 Å². The van der Waals surface area contributed by atoms with E-state index in [9.17, 15) is 19.5 Å². The molecule has 2 heterocycles. The number of nitrogens with one attached hydrogen (secondary N) is 1. The first-order valence-electron chi connectivity index (χ1n) is 9.12. The maximum absolute atomic E-state index is 12.4. The lowest BCUT2D eigenvalue weighted by atomic mass is 10.3. The molecule has 0 bridgehead atoms. The summed E-state index contributed by atoms with van der Waals surface area (Å²) in [5.74, 6) is -0.471. The number of aryl methyl sites for hydroxylation is 2. The van der Waals surface area contributed by atoms with E-state index in [2.05, 4.69) is 9.97 Å². The zero-order valence-corrected chi connectivity index (χ0v) is 15.9. The topological polar surface area (TPSA) is 113 Å². The number of fused-ring (bicyclic) bond motifs is 1. The smallest absolute Gasteiger partial charge is 0.330 e. The number of carboxylic acids is 1. The zero-order chi connectivity index (χ0) is 20.3. The molecule has 0 aliphatic carbocycles. The van der Waals surface area contributed by atoms with E-state index >= 15 is 0 Å². The van der Waals surface area contributed by atoms with Gasteiger partial charge in [-0.05, 0) is 18.6 Å². The van der Waals surface area contributed by atoms with E-state index in [1.54, 1.807) is 16.5 Å². The van der Waals surface area contributed by atoms with Crippen LogP contribution < -0.4 is 16.1 Å². The van der Waals surface area contributed by atoms with E-state index in [1.165, 1.54) is 4.57 Å². The summed E-state index contributed by atoms with van der Waals surface area (Å²) in [7, 11) is 1.69. The molecule has 0 radical (unpaired) electrons. The number of rotatable bonds is 8. The Balaban J connectivity index is 2.08. The first kappa shape index (κ1) is 19.4. The summed E-state index contributed by atoms with van der Waals surface area (Å²) < 4.78 is 3.08. The van der Waals surface area contributed by atoms with Crippen LogP contribution in [0.1, 0.15) is 25.6 Å². The summed E-state index contributed by atoms with van der Waals surface area (Å²) in [4.78, 5) is 44.5. The third-order valence-electron chi connectivity index (χ3n) is 4.62. The lowest BCUT2D eigenvalue weighted by Crippen LogP contribution is -2.31. The average molecular weight is 385 g/mol. The summed E-state index contributed by atoms with van der Waals surface area (Å²) >= 11 is 0. The number of carboxylic acid groups (broad SMARTS) is 1. The highest BCUT2D eigenvalue weighted by Crippen LogP contribution is 2.18. The second kappa shape index (κ2) is 8.12. The number of H-pyrrole nitrogens is 1. The van der Waals surface area contributed by atoms with E-state index in [-0.39, 0.29) is 13.1 Å². The van der Waals surface area contributed by atoms with Crippen LogP contribution >= 0.6 is 0 Å². The Hall–Kier alpha value is -3.36. The fourth-order valence-electron chi connectivity index (χ4n) is 3.17. The number of unbranched alkanes of at least 4 members (excludes halogenated alkanes) is 1. The summed E-state index contributed by atoms with van der Waals surface area (Å²) in [6.07, 6.45) is 1.68. The van der Waals surface area contributed by atoms with E-state index in [0.29, 0.717) is 23.5 Å². The number of benzene rings is 1. The first-order chi connectivity index (χ1) is 13.4. The van der Waals surface area contributed by atoms with Crippen molar-refractivity contribution < 1.29 is 9.90 Å². The zero-order valence-electron chi connectivity index (χ0n) is 15.9. The molecule has 0 spiro atoms. The second-order valence-electron chi connectivity index (χ2n) is 6.61. The van der Waals surface area contributed by atoms with Gasteiger partial charge in [0, 0.05) is 19.3 Å². The number of hydrogen-bond donors (Lipinski definition) is 2. The number of aromatic nitrogens is 4. The number of imidazole rings is 1. The van der Waals surface area contributed by atoms with Gasteiger partial charge in [0.25, 0.3) is 5.56 Å². The van der Waals surface area contributed by atoms with Gasteiger partial charge in [-0.2, -0.15) is 0 Å². The highest BCUT2D eigenvalue weighted by atomic mass is 16.4. The highest BCUT2D eigenvalue weighted by molar-refractivity contribution is 5.74. The van der Waals surface area contributed by atoms with Crippen LogP contribution in [0.4, 0.5) is 5.69 Å². The van der Waals surface area contributed by atoms with Gasteiger partial charge in [0.2, 0.25) is 0 Å². The molecule has 1 aromatic carbocycles. The van der Waals surface area contributed by atoms with E-state index in [1.807, 2.05) is 37.3 Å². The number of aromatic amines is 1. The lowest BCUT2D eigenvalue weighted by molar-refractivity contribution is -0.135. The second-order valence-corrected chi connectivity index (χ2v) is 6.61. The van der Waals surface area contributed by atoms with Crippen LogP contribution in [0.25, 0.3) is 11.2 Å². The Morgan fingerprint density at radius 3 is 2.61 bits per heavy atom. The van der Waals surface area contributed by atoms with E-state index in [0.717, 1.165) is 18.5 Å². The van der Waals surface area contributed by atoms with Crippen molar-refractivity contribution in [1.29, 1.82) is 0 Å². The van der Waals surface area contributed by atoms with Gasteiger partial charge in [0.1, 0.15) is 12.4 Å². The van der Waals surface area contributed by atoms with Gasteiger partial charge in [-0.1, -0.05) is 31.5 Å². The fourth-order valence-corrected chi connectivity index (χ4v) is 3.17. The average Bonchev–Trinajstić information content (AvgIpc) is 2.98. The molecule has 0 amide bonds. The maximum atomic E-state index is 12.4. The van der Waals surface area contributed by atoms with Gasteiger partial charge in [-0.25, -0.2) is 9.78 Å². The normalized spacial score (nSPS) is 11.1. The SMILES string of the molecule is CCCCn1c(=O)[nH]c(=O)c2c1nc(CN(CC(=O)O)c1ccccc1)n2C. The predicted octanol–water partition coefficient (Wildman–Crippen LogP) is 1.31. The van der Waals surface area contributed by atoms with E-state index in [4.69, 9.17) is 0 Å². The third kappa shape index (κ3) is 3.83. The Kier molecular flexibility index (Phi) is 5.62. The molecule has 0 fully saturated rings. The van der Waals surface area contributed by atoms with Crippen molar-refractivity contribution in [2.45, 2.75) is 32.9 Å². The van der Waals surface area contributed by atoms with Crippen molar-refractivity contribution in [3.05, 3.63) is 57.0 Å². The third-order valence-corrected chi connectivity index (χ3v) is 4.62. The number of aliphatic carboxylic acids is 1. The minimum absolute atomic E-state index is 0.183. The Morgan fingerprint density at radius 1 is 1.25 bits per heavy atom. The van der Waals surface area contributed by atoms with Gasteiger partial charge in [0.15, 0.2) is 11.2 Å². The molecule has 3 aromatic rings. The van der Waals surface area contributed by atoms with Crippen molar-refractivity contribution in [3.63, 3.8) is 0 Å². The molecular formula is C19H23N5O4. The number of hydrogen-bond acceptors (Lipinski definition) is 5. The molecule has 3 rings (SSSR count). The molecule has 0 aliphatic rings. The molecule has 0 saturated carbocycles. The van der Waals surface area contributed by atoms with Gasteiger partial charge in [-0.3, -0.25) is 19.1 Å². The van der Waals surface area contributed by atoms with Crippen molar-refractivity contribution in [3.8, 4) is 0 Å². The number of anilines is 1. The molecule has 0 unspecified atom stereocenters. The molecule has 9 nitrogen and oxygen atoms in total. The molecule has 0 atom stereocenters. The van der Waals surface area contributed by atoms with Crippen molar-refractivity contribution in [2.75, 3.05) is 11.4 Å². The maximum Gasteiger partial charge on any atom is 0.330 e. The van der Waals surface area contributed by atoms with Crippen LogP contribution in [0.2, 0.25) is 0 Å². The molecular weight excluding hydrogens is 362 g/mol. The van der Waals surface area contributed by atoms with Crippen LogP contribution in [-0.4, -0.2) is 36.7 Å². The molecule has 9 heteroatoms. The quantitative estimate of drug-likeness (QED) is 0.605. The predicted molar refractivity (Wildman–Crippen MR) is 106 cm³/mol. The number of nitrogens with zero attached hydrogens (tertiary/aromatic N) is 4. The molecule has 148 valence electrons. The monoisotopic (exact) mass is 385 g/mol. The summed E-state index contributed by atoms with van der Waals surface area (Å²) in [5.41, 5.74) is 0.367. The molecule has 0 aliphatic heterocycles. The summed E-state index contributed by atoms with van der Waals surface area (Å²) in [5, 5.41) is 9.28. The van der Waals surface area contributed by atoms with Gasteiger partial charge in [-0.15, -0.1) is 0 Å². The van der Waals surface area contributed by atoms with E-state index < -0.39 is 17.2 Å². The Labute approximate surface area is 160 Å². The molecule has 2 aromatic heterocycles. The minimum Gasteiger partial charge on any atom is -0.480 e. The summed E-state index contributed by atoms with van der Waals surface area (Å²) in [6.45, 7) is 2.44. The number of para-hydroxylation sites is 1. The van der Waals surface area contributed by atoms with Crippen molar-refractivity contribution >= 4 is 22.8 Å². The van der Waals surface area contributed by atoms with Crippen LogP contribution in [0.3, 0.4) is 0 Å². The number of carbonyl (C=O) groups is 1. The Morgan fingerprint density at radius 2 is 1.96 bits per heavy atom. The lowest BCUT2D eigenvalue weighted by Gasteiger charge is -2.22. The highest BCUT2D eigenvalue weighted by Gasteiger charge is 2.19. The van der Waals surface area contributed by atoms with Crippen LogP contribution in [0, 0.1) is 0 Å².